The molecule has 0 fully saturated rings. The maximum Gasteiger partial charge on any atom is 0.232 e. The normalized spacial score (nSPS) is 12.3. The molecule has 0 saturated carbocycles. The molecule has 1 unspecified atom stereocenters. The van der Waals surface area contributed by atoms with Crippen molar-refractivity contribution in [2.75, 3.05) is 25.1 Å². The molecule has 0 bridgehead atoms. The Labute approximate surface area is 104 Å². The van der Waals surface area contributed by atoms with Gasteiger partial charge < -0.3 is 15.4 Å². The molecular weight excluding hydrogens is 272 g/mol. The van der Waals surface area contributed by atoms with Crippen LogP contribution in [0.3, 0.4) is 0 Å². The fourth-order valence-corrected chi connectivity index (χ4v) is 1.69. The van der Waals surface area contributed by atoms with Gasteiger partial charge >= 0.3 is 0 Å². The standard InChI is InChI=1S/C10H17BrN4O/c1-4-15(6-7(2)12)10-13-5-8(11)9(14-10)16-3/h5,7H,4,6,12H2,1-3H3. The molecule has 0 aliphatic rings. The monoisotopic (exact) mass is 288 g/mol. The van der Waals surface area contributed by atoms with Crippen molar-refractivity contribution in [3.8, 4) is 5.88 Å². The van der Waals surface area contributed by atoms with E-state index in [4.69, 9.17) is 10.5 Å². The molecule has 1 rings (SSSR count). The third-order valence-electron chi connectivity index (χ3n) is 2.07. The summed E-state index contributed by atoms with van der Waals surface area (Å²) in [7, 11) is 1.58. The van der Waals surface area contributed by atoms with Crippen LogP contribution in [0.25, 0.3) is 0 Å². The number of rotatable bonds is 5. The van der Waals surface area contributed by atoms with Gasteiger partial charge in [0.2, 0.25) is 11.8 Å². The molecule has 16 heavy (non-hydrogen) atoms. The van der Waals surface area contributed by atoms with Crippen LogP contribution in [0.2, 0.25) is 0 Å². The van der Waals surface area contributed by atoms with Gasteiger partial charge in [-0.05, 0) is 29.8 Å². The molecular formula is C10H17BrN4O. The van der Waals surface area contributed by atoms with E-state index in [0.29, 0.717) is 11.8 Å². The van der Waals surface area contributed by atoms with Gasteiger partial charge in [0, 0.05) is 19.1 Å². The third-order valence-corrected chi connectivity index (χ3v) is 2.61. The molecule has 1 aromatic rings. The molecule has 0 amide bonds. The van der Waals surface area contributed by atoms with Gasteiger partial charge in [0.25, 0.3) is 0 Å². The summed E-state index contributed by atoms with van der Waals surface area (Å²) in [5.41, 5.74) is 5.77. The van der Waals surface area contributed by atoms with Crippen molar-refractivity contribution in [3.05, 3.63) is 10.7 Å². The van der Waals surface area contributed by atoms with Crippen LogP contribution in [-0.2, 0) is 0 Å². The lowest BCUT2D eigenvalue weighted by Gasteiger charge is -2.22. The molecule has 0 aliphatic heterocycles. The maximum atomic E-state index is 5.77. The second-order valence-corrected chi connectivity index (χ2v) is 4.40. The number of halogens is 1. The minimum absolute atomic E-state index is 0.0817. The topological polar surface area (TPSA) is 64.3 Å². The van der Waals surface area contributed by atoms with Crippen molar-refractivity contribution in [2.45, 2.75) is 19.9 Å². The largest absolute Gasteiger partial charge is 0.480 e. The maximum absolute atomic E-state index is 5.77. The second-order valence-electron chi connectivity index (χ2n) is 3.54. The highest BCUT2D eigenvalue weighted by Crippen LogP contribution is 2.23. The van der Waals surface area contributed by atoms with E-state index < -0.39 is 0 Å². The third kappa shape index (κ3) is 3.31. The second kappa shape index (κ2) is 6.00. The molecule has 1 aromatic heterocycles. The zero-order valence-corrected chi connectivity index (χ0v) is 11.4. The molecule has 1 atom stereocenters. The number of likely N-dealkylation sites (N-methyl/N-ethyl adjacent to an activating group) is 1. The zero-order valence-electron chi connectivity index (χ0n) is 9.77. The molecule has 0 saturated heterocycles. The first-order chi connectivity index (χ1) is 7.58. The quantitative estimate of drug-likeness (QED) is 0.888. The number of anilines is 1. The van der Waals surface area contributed by atoms with E-state index in [1.807, 2.05) is 18.7 Å². The number of methoxy groups -OCH3 is 1. The predicted molar refractivity (Wildman–Crippen MR) is 67.8 cm³/mol. The average molecular weight is 289 g/mol. The number of hydrogen-bond donors (Lipinski definition) is 1. The fourth-order valence-electron chi connectivity index (χ4n) is 1.34. The van der Waals surface area contributed by atoms with Gasteiger partial charge in [-0.1, -0.05) is 0 Å². The van der Waals surface area contributed by atoms with Gasteiger partial charge in [-0.3, -0.25) is 0 Å². The number of nitrogens with zero attached hydrogens (tertiary/aromatic N) is 3. The van der Waals surface area contributed by atoms with Crippen molar-refractivity contribution in [1.29, 1.82) is 0 Å². The molecule has 0 aliphatic carbocycles. The van der Waals surface area contributed by atoms with Crippen molar-refractivity contribution in [1.82, 2.24) is 9.97 Å². The van der Waals surface area contributed by atoms with E-state index in [0.717, 1.165) is 17.6 Å². The highest BCUT2D eigenvalue weighted by molar-refractivity contribution is 9.10. The SMILES string of the molecule is CCN(CC(C)N)c1ncc(Br)c(OC)n1. The average Bonchev–Trinajstić information content (AvgIpc) is 2.26. The molecule has 90 valence electrons. The van der Waals surface area contributed by atoms with Gasteiger partial charge in [-0.15, -0.1) is 0 Å². The van der Waals surface area contributed by atoms with Crippen LogP contribution in [0.1, 0.15) is 13.8 Å². The summed E-state index contributed by atoms with van der Waals surface area (Å²) in [5.74, 6) is 1.17. The smallest absolute Gasteiger partial charge is 0.232 e. The van der Waals surface area contributed by atoms with Gasteiger partial charge in [0.1, 0.15) is 0 Å². The van der Waals surface area contributed by atoms with Crippen LogP contribution in [0.15, 0.2) is 10.7 Å². The van der Waals surface area contributed by atoms with E-state index in [1.54, 1.807) is 13.3 Å². The molecule has 0 radical (unpaired) electrons. The number of aromatic nitrogens is 2. The Balaban J connectivity index is 2.92. The van der Waals surface area contributed by atoms with Gasteiger partial charge in [-0.25, -0.2) is 4.98 Å². The first kappa shape index (κ1) is 13.2. The molecule has 0 spiro atoms. The summed E-state index contributed by atoms with van der Waals surface area (Å²) >= 11 is 3.32. The lowest BCUT2D eigenvalue weighted by atomic mass is 10.3. The highest BCUT2D eigenvalue weighted by Gasteiger charge is 2.12. The Morgan fingerprint density at radius 2 is 2.31 bits per heavy atom. The number of ether oxygens (including phenoxy) is 1. The van der Waals surface area contributed by atoms with Crippen LogP contribution in [-0.4, -0.2) is 36.2 Å². The van der Waals surface area contributed by atoms with E-state index in [9.17, 15) is 0 Å². The Morgan fingerprint density at radius 3 is 2.81 bits per heavy atom. The first-order valence-electron chi connectivity index (χ1n) is 5.15. The lowest BCUT2D eigenvalue weighted by molar-refractivity contribution is 0.393. The highest BCUT2D eigenvalue weighted by atomic mass is 79.9. The summed E-state index contributed by atoms with van der Waals surface area (Å²) in [6.07, 6.45) is 1.69. The van der Waals surface area contributed by atoms with E-state index in [2.05, 4.69) is 25.9 Å². The summed E-state index contributed by atoms with van der Waals surface area (Å²) in [5, 5.41) is 0. The minimum atomic E-state index is 0.0817. The molecule has 5 nitrogen and oxygen atoms in total. The van der Waals surface area contributed by atoms with Crippen LogP contribution in [0.5, 0.6) is 5.88 Å². The van der Waals surface area contributed by atoms with Crippen LogP contribution in [0, 0.1) is 0 Å². The molecule has 0 aromatic carbocycles. The summed E-state index contributed by atoms with van der Waals surface area (Å²) in [4.78, 5) is 10.6. The Kier molecular flexibility index (Phi) is 4.95. The fraction of sp³-hybridized carbons (Fsp3) is 0.600. The summed E-state index contributed by atoms with van der Waals surface area (Å²) in [6.45, 7) is 5.53. The molecule has 2 N–H and O–H groups in total. The number of nitrogens with two attached hydrogens (primary N) is 1. The van der Waals surface area contributed by atoms with Gasteiger partial charge in [0.05, 0.1) is 17.8 Å². The first-order valence-corrected chi connectivity index (χ1v) is 5.94. The van der Waals surface area contributed by atoms with Gasteiger partial charge in [0.15, 0.2) is 0 Å². The van der Waals surface area contributed by atoms with E-state index in [1.165, 1.54) is 0 Å². The Hall–Kier alpha value is -0.880. The van der Waals surface area contributed by atoms with Crippen LogP contribution >= 0.6 is 15.9 Å². The summed E-state index contributed by atoms with van der Waals surface area (Å²) in [6, 6.07) is 0.0817. The zero-order chi connectivity index (χ0) is 12.1. The van der Waals surface area contributed by atoms with E-state index >= 15 is 0 Å². The predicted octanol–water partition coefficient (Wildman–Crippen LogP) is 1.42. The van der Waals surface area contributed by atoms with Crippen molar-refractivity contribution in [3.63, 3.8) is 0 Å². The lowest BCUT2D eigenvalue weighted by Crippen LogP contribution is -2.36. The van der Waals surface area contributed by atoms with Crippen molar-refractivity contribution >= 4 is 21.9 Å². The Bertz CT molecular complexity index is 346. The Morgan fingerprint density at radius 1 is 1.62 bits per heavy atom. The van der Waals surface area contributed by atoms with Crippen LogP contribution in [0.4, 0.5) is 5.95 Å². The molecule has 1 heterocycles. The minimum Gasteiger partial charge on any atom is -0.480 e. The molecule has 6 heteroatoms. The van der Waals surface area contributed by atoms with Crippen molar-refractivity contribution < 1.29 is 4.74 Å². The van der Waals surface area contributed by atoms with Crippen molar-refractivity contribution in [2.24, 2.45) is 5.73 Å². The van der Waals surface area contributed by atoms with Crippen LogP contribution < -0.4 is 15.4 Å². The summed E-state index contributed by atoms with van der Waals surface area (Å²) < 4.78 is 5.88. The number of hydrogen-bond acceptors (Lipinski definition) is 5. The van der Waals surface area contributed by atoms with E-state index in [-0.39, 0.29) is 6.04 Å². The van der Waals surface area contributed by atoms with Gasteiger partial charge in [-0.2, -0.15) is 4.98 Å².